The minimum atomic E-state index is 0.510. The lowest BCUT2D eigenvalue weighted by atomic mass is 10.2. The van der Waals surface area contributed by atoms with Crippen LogP contribution in [-0.4, -0.2) is 17.0 Å². The van der Waals surface area contributed by atoms with Crippen molar-refractivity contribution in [3.63, 3.8) is 0 Å². The van der Waals surface area contributed by atoms with Crippen LogP contribution in [0.5, 0.6) is 0 Å². The van der Waals surface area contributed by atoms with Gasteiger partial charge >= 0.3 is 0 Å². The Hall–Kier alpha value is -2.13. The second kappa shape index (κ2) is 6.35. The number of aryl methyl sites for hydroxylation is 1. The van der Waals surface area contributed by atoms with Crippen molar-refractivity contribution >= 4 is 27.6 Å². The molecule has 1 heterocycles. The molecule has 0 amide bonds. The lowest BCUT2D eigenvalue weighted by molar-refractivity contribution is 0.880. The lowest BCUT2D eigenvalue weighted by Crippen LogP contribution is -2.18. The predicted octanol–water partition coefficient (Wildman–Crippen LogP) is 3.08. The first kappa shape index (κ1) is 14.3. The van der Waals surface area contributed by atoms with E-state index in [1.165, 1.54) is 5.56 Å². The van der Waals surface area contributed by atoms with Crippen LogP contribution in [0.4, 0.5) is 11.6 Å². The molecule has 0 aliphatic carbocycles. The first-order valence-electron chi connectivity index (χ1n) is 6.05. The summed E-state index contributed by atoms with van der Waals surface area (Å²) >= 11 is 3.46. The summed E-state index contributed by atoms with van der Waals surface area (Å²) in [5.74, 6) is 1.91. The van der Waals surface area contributed by atoms with E-state index >= 15 is 0 Å². The van der Waals surface area contributed by atoms with Gasteiger partial charge in [0.25, 0.3) is 0 Å². The molecule has 0 saturated carbocycles. The number of nitrogens with one attached hydrogen (secondary N) is 1. The van der Waals surface area contributed by atoms with E-state index < -0.39 is 0 Å². The fourth-order valence-corrected chi connectivity index (χ4v) is 2.31. The maximum Gasteiger partial charge on any atom is 0.182 e. The number of aromatic nitrogens is 2. The number of nitrogens with zero attached hydrogens (tertiary/aromatic N) is 4. The molecule has 0 unspecified atom stereocenters. The topological polar surface area (TPSA) is 64.8 Å². The van der Waals surface area contributed by atoms with Crippen LogP contribution in [0.2, 0.25) is 0 Å². The molecule has 0 bridgehead atoms. The van der Waals surface area contributed by atoms with Crippen LogP contribution in [-0.2, 0) is 6.54 Å². The summed E-state index contributed by atoms with van der Waals surface area (Å²) in [6, 6.07) is 9.88. The zero-order valence-corrected chi connectivity index (χ0v) is 12.8. The third-order valence-electron chi connectivity index (χ3n) is 2.71. The van der Waals surface area contributed by atoms with E-state index in [2.05, 4.69) is 43.3 Å². The summed E-state index contributed by atoms with van der Waals surface area (Å²) in [4.78, 5) is 10.5. The Bertz CT molecular complexity index is 650. The molecule has 20 heavy (non-hydrogen) atoms. The first-order chi connectivity index (χ1) is 9.58. The standard InChI is InChI=1S/C14H14BrN5/c1-10-18-13(17-9-16)7-14(19-10)20(2)8-11-4-3-5-12(15)6-11/h3-7H,8H2,1-2H3,(H,17,18,19). The number of anilines is 2. The zero-order valence-electron chi connectivity index (χ0n) is 11.3. The molecular weight excluding hydrogens is 318 g/mol. The van der Waals surface area contributed by atoms with Crippen molar-refractivity contribution in [1.29, 1.82) is 5.26 Å². The minimum absolute atomic E-state index is 0.510. The highest BCUT2D eigenvalue weighted by Gasteiger charge is 2.07. The van der Waals surface area contributed by atoms with Crippen LogP contribution >= 0.6 is 15.9 Å². The molecule has 5 nitrogen and oxygen atoms in total. The third kappa shape index (κ3) is 3.68. The normalized spacial score (nSPS) is 9.90. The quantitative estimate of drug-likeness (QED) is 0.688. The Morgan fingerprint density at radius 3 is 2.85 bits per heavy atom. The molecule has 1 N–H and O–H groups in total. The SMILES string of the molecule is Cc1nc(NC#N)cc(N(C)Cc2cccc(Br)c2)n1. The van der Waals surface area contributed by atoms with Gasteiger partial charge in [-0.05, 0) is 24.6 Å². The molecular formula is C14H14BrN5. The summed E-state index contributed by atoms with van der Waals surface area (Å²) in [5, 5.41) is 11.2. The van der Waals surface area contributed by atoms with Crippen LogP contribution in [0, 0.1) is 18.4 Å². The number of halogens is 1. The highest BCUT2D eigenvalue weighted by atomic mass is 79.9. The van der Waals surface area contributed by atoms with Crippen LogP contribution in [0.15, 0.2) is 34.8 Å². The van der Waals surface area contributed by atoms with E-state index in [9.17, 15) is 0 Å². The van der Waals surface area contributed by atoms with Gasteiger partial charge < -0.3 is 4.90 Å². The molecule has 2 aromatic rings. The Morgan fingerprint density at radius 1 is 1.35 bits per heavy atom. The van der Waals surface area contributed by atoms with Gasteiger partial charge in [0.1, 0.15) is 17.5 Å². The van der Waals surface area contributed by atoms with Gasteiger partial charge in [-0.25, -0.2) is 9.97 Å². The second-order valence-electron chi connectivity index (χ2n) is 4.38. The molecule has 0 aliphatic rings. The molecule has 102 valence electrons. The summed E-state index contributed by atoms with van der Waals surface area (Å²) in [6.07, 6.45) is 1.87. The van der Waals surface area contributed by atoms with Gasteiger partial charge in [-0.3, -0.25) is 5.32 Å². The van der Waals surface area contributed by atoms with E-state index in [0.717, 1.165) is 16.8 Å². The van der Waals surface area contributed by atoms with Gasteiger partial charge in [-0.1, -0.05) is 28.1 Å². The van der Waals surface area contributed by atoms with Gasteiger partial charge in [0.05, 0.1) is 0 Å². The highest BCUT2D eigenvalue weighted by Crippen LogP contribution is 2.18. The van der Waals surface area contributed by atoms with E-state index in [0.29, 0.717) is 11.6 Å². The van der Waals surface area contributed by atoms with Gasteiger partial charge in [-0.15, -0.1) is 0 Å². The average molecular weight is 332 g/mol. The number of rotatable bonds is 4. The molecule has 1 aromatic heterocycles. The monoisotopic (exact) mass is 331 g/mol. The summed E-state index contributed by atoms with van der Waals surface area (Å²) in [6.45, 7) is 2.53. The Labute approximate surface area is 126 Å². The minimum Gasteiger partial charge on any atom is -0.355 e. The van der Waals surface area contributed by atoms with E-state index in [1.807, 2.05) is 30.3 Å². The van der Waals surface area contributed by atoms with Crippen LogP contribution in [0.3, 0.4) is 0 Å². The fourth-order valence-electron chi connectivity index (χ4n) is 1.86. The largest absolute Gasteiger partial charge is 0.355 e. The second-order valence-corrected chi connectivity index (χ2v) is 5.30. The smallest absolute Gasteiger partial charge is 0.182 e. The van der Waals surface area contributed by atoms with Crippen molar-refractivity contribution in [2.45, 2.75) is 13.5 Å². The highest BCUT2D eigenvalue weighted by molar-refractivity contribution is 9.10. The maximum absolute atomic E-state index is 8.67. The molecule has 2 rings (SSSR count). The van der Waals surface area contributed by atoms with Crippen molar-refractivity contribution in [2.75, 3.05) is 17.3 Å². The van der Waals surface area contributed by atoms with Crippen molar-refractivity contribution in [2.24, 2.45) is 0 Å². The molecule has 1 aromatic carbocycles. The zero-order chi connectivity index (χ0) is 14.5. The number of nitriles is 1. The Balaban J connectivity index is 2.20. The van der Waals surface area contributed by atoms with E-state index in [4.69, 9.17) is 5.26 Å². The summed E-state index contributed by atoms with van der Waals surface area (Å²) in [5.41, 5.74) is 1.17. The lowest BCUT2D eigenvalue weighted by Gasteiger charge is -2.19. The maximum atomic E-state index is 8.67. The molecule has 0 aliphatic heterocycles. The van der Waals surface area contributed by atoms with Gasteiger partial charge in [0, 0.05) is 24.1 Å². The van der Waals surface area contributed by atoms with Crippen LogP contribution < -0.4 is 10.2 Å². The predicted molar refractivity (Wildman–Crippen MR) is 82.3 cm³/mol. The van der Waals surface area contributed by atoms with Crippen molar-refractivity contribution < 1.29 is 0 Å². The molecule has 0 saturated heterocycles. The van der Waals surface area contributed by atoms with Gasteiger partial charge in [0.15, 0.2) is 6.19 Å². The first-order valence-corrected chi connectivity index (χ1v) is 6.84. The number of hydrogen-bond donors (Lipinski definition) is 1. The van der Waals surface area contributed by atoms with E-state index in [1.54, 1.807) is 13.0 Å². The van der Waals surface area contributed by atoms with Gasteiger partial charge in [0.2, 0.25) is 0 Å². The van der Waals surface area contributed by atoms with Crippen molar-refractivity contribution in [3.8, 4) is 6.19 Å². The Kier molecular flexibility index (Phi) is 4.53. The van der Waals surface area contributed by atoms with Crippen LogP contribution in [0.25, 0.3) is 0 Å². The van der Waals surface area contributed by atoms with Crippen LogP contribution in [0.1, 0.15) is 11.4 Å². The fraction of sp³-hybridized carbons (Fsp3) is 0.214. The van der Waals surface area contributed by atoms with Gasteiger partial charge in [-0.2, -0.15) is 5.26 Å². The van der Waals surface area contributed by atoms with E-state index in [-0.39, 0.29) is 0 Å². The number of benzene rings is 1. The average Bonchev–Trinajstić information content (AvgIpc) is 2.38. The molecule has 0 radical (unpaired) electrons. The molecule has 0 fully saturated rings. The summed E-state index contributed by atoms with van der Waals surface area (Å²) in [7, 11) is 1.96. The molecule has 0 atom stereocenters. The third-order valence-corrected chi connectivity index (χ3v) is 3.20. The molecule has 0 spiro atoms. The van der Waals surface area contributed by atoms with Crippen molar-refractivity contribution in [1.82, 2.24) is 9.97 Å². The molecule has 6 heteroatoms. The number of hydrogen-bond acceptors (Lipinski definition) is 5. The Morgan fingerprint density at radius 2 is 2.15 bits per heavy atom. The summed E-state index contributed by atoms with van der Waals surface area (Å²) < 4.78 is 1.05. The van der Waals surface area contributed by atoms with Crippen molar-refractivity contribution in [3.05, 3.63) is 46.2 Å².